The molecule has 0 bridgehead atoms. The van der Waals surface area contributed by atoms with Crippen molar-refractivity contribution in [3.8, 4) is 11.5 Å². The molecular formula is C24H27NO4. The topological polar surface area (TPSA) is 61.6 Å². The number of benzene rings is 2. The van der Waals surface area contributed by atoms with Crippen LogP contribution >= 0.6 is 0 Å². The Morgan fingerprint density at radius 2 is 1.86 bits per heavy atom. The zero-order valence-corrected chi connectivity index (χ0v) is 16.8. The number of ether oxygens (including phenoxy) is 2. The van der Waals surface area contributed by atoms with E-state index < -0.39 is 6.04 Å². The Morgan fingerprint density at radius 1 is 1.10 bits per heavy atom. The summed E-state index contributed by atoms with van der Waals surface area (Å²) in [5.41, 5.74) is 1.88. The molecule has 0 spiro atoms. The highest BCUT2D eigenvalue weighted by molar-refractivity contribution is 5.85. The summed E-state index contributed by atoms with van der Waals surface area (Å²) in [5, 5.41) is 11.9. The molecule has 29 heavy (non-hydrogen) atoms. The van der Waals surface area contributed by atoms with Gasteiger partial charge in [-0.3, -0.25) is 0 Å². The van der Waals surface area contributed by atoms with Crippen molar-refractivity contribution in [1.29, 1.82) is 0 Å². The predicted octanol–water partition coefficient (Wildman–Crippen LogP) is 3.22. The molecule has 1 fully saturated rings. The van der Waals surface area contributed by atoms with Gasteiger partial charge < -0.3 is 14.6 Å². The number of amides is 1. The SMILES string of the molecule is COc1ccc([C@@H]2C=[N+]([C@H](C[O-])c3ccccc3)C(=O)C2)cc1OC1CCCC1. The molecule has 0 aromatic heterocycles. The number of carbonyl (C=O) groups is 1. The molecule has 2 aromatic carbocycles. The molecule has 1 amide bonds. The van der Waals surface area contributed by atoms with Gasteiger partial charge in [0.05, 0.1) is 25.6 Å². The molecule has 5 heteroatoms. The Hall–Kier alpha value is -2.66. The molecule has 152 valence electrons. The van der Waals surface area contributed by atoms with E-state index in [1.54, 1.807) is 11.7 Å². The van der Waals surface area contributed by atoms with Crippen LogP contribution in [0.1, 0.15) is 55.2 Å². The van der Waals surface area contributed by atoms with Gasteiger partial charge in [0, 0.05) is 5.56 Å². The lowest BCUT2D eigenvalue weighted by Crippen LogP contribution is -2.30. The molecule has 0 saturated heterocycles. The monoisotopic (exact) mass is 393 g/mol. The molecule has 2 atom stereocenters. The van der Waals surface area contributed by atoms with Gasteiger partial charge in [-0.05, 0) is 43.4 Å². The van der Waals surface area contributed by atoms with Crippen LogP contribution in [0.25, 0.3) is 0 Å². The smallest absolute Gasteiger partial charge is 0.388 e. The third-order valence-electron chi connectivity index (χ3n) is 5.91. The van der Waals surface area contributed by atoms with Crippen LogP contribution < -0.4 is 14.6 Å². The van der Waals surface area contributed by atoms with Gasteiger partial charge in [0.25, 0.3) is 0 Å². The minimum Gasteiger partial charge on any atom is -0.850 e. The van der Waals surface area contributed by atoms with Crippen LogP contribution in [0.4, 0.5) is 0 Å². The molecule has 2 aromatic rings. The van der Waals surface area contributed by atoms with Gasteiger partial charge in [0.2, 0.25) is 0 Å². The van der Waals surface area contributed by atoms with Gasteiger partial charge in [-0.1, -0.05) is 43.0 Å². The molecule has 1 saturated carbocycles. The fourth-order valence-corrected chi connectivity index (χ4v) is 4.32. The summed E-state index contributed by atoms with van der Waals surface area (Å²) in [6, 6.07) is 14.9. The molecule has 0 N–H and O–H groups in total. The van der Waals surface area contributed by atoms with E-state index in [9.17, 15) is 9.90 Å². The van der Waals surface area contributed by atoms with E-state index in [4.69, 9.17) is 9.47 Å². The Morgan fingerprint density at radius 3 is 2.55 bits per heavy atom. The van der Waals surface area contributed by atoms with Gasteiger partial charge >= 0.3 is 5.91 Å². The van der Waals surface area contributed by atoms with Crippen molar-refractivity contribution in [3.63, 3.8) is 0 Å². The first-order valence-corrected chi connectivity index (χ1v) is 10.3. The molecule has 1 heterocycles. The van der Waals surface area contributed by atoms with Crippen molar-refractivity contribution in [3.05, 3.63) is 59.7 Å². The molecule has 0 radical (unpaired) electrons. The van der Waals surface area contributed by atoms with E-state index in [1.165, 1.54) is 12.8 Å². The van der Waals surface area contributed by atoms with E-state index in [1.807, 2.05) is 54.7 Å². The highest BCUT2D eigenvalue weighted by Gasteiger charge is 2.37. The van der Waals surface area contributed by atoms with Crippen molar-refractivity contribution in [2.45, 2.75) is 50.2 Å². The molecule has 4 rings (SSSR count). The Kier molecular flexibility index (Phi) is 5.95. The van der Waals surface area contributed by atoms with Crippen molar-refractivity contribution < 1.29 is 24.0 Å². The second-order valence-corrected chi connectivity index (χ2v) is 7.79. The molecule has 5 nitrogen and oxygen atoms in total. The van der Waals surface area contributed by atoms with Crippen LogP contribution in [-0.4, -0.2) is 36.5 Å². The van der Waals surface area contributed by atoms with Crippen molar-refractivity contribution in [2.24, 2.45) is 0 Å². The highest BCUT2D eigenvalue weighted by atomic mass is 16.5. The van der Waals surface area contributed by atoms with E-state index in [2.05, 4.69) is 0 Å². The highest BCUT2D eigenvalue weighted by Crippen LogP contribution is 2.36. The summed E-state index contributed by atoms with van der Waals surface area (Å²) in [6.07, 6.45) is 7.02. The van der Waals surface area contributed by atoms with Crippen molar-refractivity contribution in [1.82, 2.24) is 0 Å². The number of hydrogen-bond donors (Lipinski definition) is 0. The summed E-state index contributed by atoms with van der Waals surface area (Å²) in [4.78, 5) is 12.7. The van der Waals surface area contributed by atoms with Gasteiger partial charge in [-0.15, -0.1) is 0 Å². The summed E-state index contributed by atoms with van der Waals surface area (Å²) in [7, 11) is 1.64. The van der Waals surface area contributed by atoms with Crippen LogP contribution in [0.3, 0.4) is 0 Å². The zero-order chi connectivity index (χ0) is 20.2. The predicted molar refractivity (Wildman–Crippen MR) is 109 cm³/mol. The summed E-state index contributed by atoms with van der Waals surface area (Å²) in [5.74, 6) is 1.36. The molecule has 1 aliphatic heterocycles. The van der Waals surface area contributed by atoms with E-state index >= 15 is 0 Å². The van der Waals surface area contributed by atoms with Gasteiger partial charge in [-0.2, -0.15) is 4.58 Å². The van der Waals surface area contributed by atoms with Gasteiger partial charge in [-0.25, -0.2) is 4.79 Å². The van der Waals surface area contributed by atoms with Gasteiger partial charge in [0.1, 0.15) is 0 Å². The minimum absolute atomic E-state index is 0.0196. The third kappa shape index (κ3) is 4.20. The van der Waals surface area contributed by atoms with Crippen LogP contribution in [0.2, 0.25) is 0 Å². The van der Waals surface area contributed by atoms with Crippen LogP contribution in [-0.2, 0) is 4.79 Å². The standard InChI is InChI=1S/C24H27NO4/c1-28-22-12-11-18(13-23(22)29-20-9-5-6-10-20)19-14-24(27)25(15-19)21(16-26)17-7-3-2-4-8-17/h2-4,7-8,11-13,15,19-21H,5-6,9-10,14,16H2,1H3/t19-,21+/m0/s1. The summed E-state index contributed by atoms with van der Waals surface area (Å²) >= 11 is 0. The van der Waals surface area contributed by atoms with Gasteiger partial charge in [0.15, 0.2) is 23.8 Å². The molecule has 0 unspecified atom stereocenters. The fourth-order valence-electron chi connectivity index (χ4n) is 4.32. The van der Waals surface area contributed by atoms with E-state index in [0.717, 1.165) is 29.7 Å². The van der Waals surface area contributed by atoms with Crippen LogP contribution in [0.5, 0.6) is 11.5 Å². The average Bonchev–Trinajstić information content (AvgIpc) is 3.40. The third-order valence-corrected chi connectivity index (χ3v) is 5.91. The summed E-state index contributed by atoms with van der Waals surface area (Å²) < 4.78 is 13.3. The lowest BCUT2D eigenvalue weighted by Gasteiger charge is -2.17. The first-order chi connectivity index (χ1) is 14.2. The largest absolute Gasteiger partial charge is 0.850 e. The first-order valence-electron chi connectivity index (χ1n) is 10.3. The number of methoxy groups -OCH3 is 1. The second kappa shape index (κ2) is 8.78. The Labute approximate surface area is 171 Å². The lowest BCUT2D eigenvalue weighted by molar-refractivity contribution is -0.533. The van der Waals surface area contributed by atoms with Crippen LogP contribution in [0.15, 0.2) is 48.5 Å². The first kappa shape index (κ1) is 19.6. The molecule has 2 aliphatic rings. The normalized spacial score (nSPS) is 20.6. The Bertz CT molecular complexity index is 887. The average molecular weight is 393 g/mol. The maximum Gasteiger partial charge on any atom is 0.388 e. The zero-order valence-electron chi connectivity index (χ0n) is 16.8. The number of nitrogens with zero attached hydrogens (tertiary/aromatic N) is 1. The maximum absolute atomic E-state index is 12.7. The van der Waals surface area contributed by atoms with Crippen molar-refractivity contribution >= 4 is 12.1 Å². The molecular weight excluding hydrogens is 366 g/mol. The number of hydrogen-bond acceptors (Lipinski definition) is 4. The fraction of sp³-hybridized carbons (Fsp3) is 0.417. The second-order valence-electron chi connectivity index (χ2n) is 7.79. The molecule has 1 aliphatic carbocycles. The Balaban J connectivity index is 1.60. The van der Waals surface area contributed by atoms with Crippen LogP contribution in [0, 0.1) is 0 Å². The quantitative estimate of drug-likeness (QED) is 0.678. The van der Waals surface area contributed by atoms with Crippen molar-refractivity contribution in [2.75, 3.05) is 13.7 Å². The van der Waals surface area contributed by atoms with E-state index in [0.29, 0.717) is 12.2 Å². The summed E-state index contributed by atoms with van der Waals surface area (Å²) in [6.45, 7) is -0.363. The van der Waals surface area contributed by atoms with E-state index in [-0.39, 0.29) is 24.5 Å². The number of carbonyl (C=O) groups excluding carboxylic acids is 1. The maximum atomic E-state index is 12.7. The number of rotatable bonds is 7. The lowest BCUT2D eigenvalue weighted by atomic mass is 9.98. The minimum atomic E-state index is -0.471.